The number of nitrogens with one attached hydrogen (secondary N) is 1. The van der Waals surface area contributed by atoms with Crippen molar-refractivity contribution in [1.82, 2.24) is 9.88 Å². The fraction of sp³-hybridized carbons (Fsp3) is 0.467. The Morgan fingerprint density at radius 3 is 2.65 bits per heavy atom. The molecule has 0 amide bonds. The molecule has 1 aromatic heterocycles. The first-order chi connectivity index (χ1) is 9.63. The van der Waals surface area contributed by atoms with E-state index in [4.69, 9.17) is 4.74 Å². The maximum atomic E-state index is 12.6. The number of carbonyl (C=O) groups excluding carboxylic acids is 2. The minimum absolute atomic E-state index is 0.00393. The number of rotatable bonds is 2. The van der Waals surface area contributed by atoms with Gasteiger partial charge in [-0.2, -0.15) is 0 Å². The maximum absolute atomic E-state index is 12.6. The molecule has 5 nitrogen and oxygen atoms in total. The van der Waals surface area contributed by atoms with Crippen molar-refractivity contribution in [2.75, 3.05) is 20.2 Å². The third-order valence-corrected chi connectivity index (χ3v) is 4.53. The molecule has 1 aromatic rings. The van der Waals surface area contributed by atoms with E-state index in [9.17, 15) is 9.59 Å². The van der Waals surface area contributed by atoms with Crippen molar-refractivity contribution in [1.29, 1.82) is 0 Å². The lowest BCUT2D eigenvalue weighted by Gasteiger charge is -2.18. The molecule has 2 heterocycles. The van der Waals surface area contributed by atoms with Gasteiger partial charge in [-0.15, -0.1) is 0 Å². The van der Waals surface area contributed by atoms with Crippen LogP contribution in [0, 0.1) is 0 Å². The van der Waals surface area contributed by atoms with Gasteiger partial charge in [-0.05, 0) is 25.3 Å². The van der Waals surface area contributed by atoms with E-state index in [2.05, 4.69) is 4.98 Å². The summed E-state index contributed by atoms with van der Waals surface area (Å²) in [6.45, 7) is 3.49. The summed E-state index contributed by atoms with van der Waals surface area (Å²) < 4.78 is 5.42. The number of carbonyl (C=O) groups is 2. The monoisotopic (exact) mass is 272 g/mol. The molecule has 2 aliphatic carbocycles. The minimum atomic E-state index is -0.0427. The molecular formula is C15H16N2O3. The van der Waals surface area contributed by atoms with E-state index in [-0.39, 0.29) is 17.7 Å². The summed E-state index contributed by atoms with van der Waals surface area (Å²) in [6.07, 6.45) is 1.64. The van der Waals surface area contributed by atoms with Crippen molar-refractivity contribution in [3.05, 3.63) is 33.8 Å². The number of aromatic amines is 1. The average Bonchev–Trinajstić information content (AvgIpc) is 3.06. The van der Waals surface area contributed by atoms with Crippen LogP contribution in [-0.2, 0) is 11.2 Å². The summed E-state index contributed by atoms with van der Waals surface area (Å²) in [5, 5.41) is 0. The quantitative estimate of drug-likeness (QED) is 0.831. The SMILES string of the molecule is COC1CCc2c1[nH]c1c2C(=O)C(C)=C(N2CC2)C1=O. The number of H-pyrrole nitrogens is 1. The van der Waals surface area contributed by atoms with Gasteiger partial charge in [0.2, 0.25) is 5.78 Å². The van der Waals surface area contributed by atoms with Gasteiger partial charge in [0.1, 0.15) is 5.69 Å². The van der Waals surface area contributed by atoms with Crippen LogP contribution in [0.5, 0.6) is 0 Å². The lowest BCUT2D eigenvalue weighted by Crippen LogP contribution is -2.25. The summed E-state index contributed by atoms with van der Waals surface area (Å²) in [6, 6.07) is 0. The van der Waals surface area contributed by atoms with Crippen LogP contribution in [0.3, 0.4) is 0 Å². The van der Waals surface area contributed by atoms with Crippen LogP contribution in [0.1, 0.15) is 51.6 Å². The molecule has 0 bridgehead atoms. The summed E-state index contributed by atoms with van der Waals surface area (Å²) >= 11 is 0. The molecule has 1 N–H and O–H groups in total. The molecule has 1 fully saturated rings. The molecule has 1 saturated heterocycles. The average molecular weight is 272 g/mol. The molecule has 1 unspecified atom stereocenters. The number of hydrogen-bond acceptors (Lipinski definition) is 4. The number of allylic oxidation sites excluding steroid dienone is 2. The number of Topliss-reactive ketones (excluding diaryl/α,β-unsaturated/α-hetero) is 2. The van der Waals surface area contributed by atoms with Crippen LogP contribution in [0.15, 0.2) is 11.3 Å². The number of methoxy groups -OCH3 is 1. The third-order valence-electron chi connectivity index (χ3n) is 4.53. The van der Waals surface area contributed by atoms with Crippen LogP contribution < -0.4 is 0 Å². The lowest BCUT2D eigenvalue weighted by atomic mass is 9.90. The molecule has 1 atom stereocenters. The van der Waals surface area contributed by atoms with Crippen LogP contribution >= 0.6 is 0 Å². The Bertz CT molecular complexity index is 680. The van der Waals surface area contributed by atoms with Crippen molar-refractivity contribution in [2.45, 2.75) is 25.9 Å². The molecule has 0 spiro atoms. The Morgan fingerprint density at radius 1 is 1.25 bits per heavy atom. The zero-order valence-corrected chi connectivity index (χ0v) is 11.6. The Morgan fingerprint density at radius 2 is 2.00 bits per heavy atom. The van der Waals surface area contributed by atoms with Crippen molar-refractivity contribution in [2.24, 2.45) is 0 Å². The molecule has 4 rings (SSSR count). The molecule has 3 aliphatic rings. The van der Waals surface area contributed by atoms with Gasteiger partial charge in [0.05, 0.1) is 17.4 Å². The van der Waals surface area contributed by atoms with Gasteiger partial charge < -0.3 is 14.6 Å². The zero-order valence-electron chi connectivity index (χ0n) is 11.6. The van der Waals surface area contributed by atoms with Gasteiger partial charge in [-0.25, -0.2) is 0 Å². The van der Waals surface area contributed by atoms with Gasteiger partial charge in [-0.1, -0.05) is 0 Å². The van der Waals surface area contributed by atoms with E-state index in [0.717, 1.165) is 37.2 Å². The third kappa shape index (κ3) is 1.36. The predicted octanol–water partition coefficient (Wildman–Crippen LogP) is 1.62. The van der Waals surface area contributed by atoms with Crippen LogP contribution in [0.4, 0.5) is 0 Å². The van der Waals surface area contributed by atoms with Gasteiger partial charge in [0, 0.05) is 31.5 Å². The van der Waals surface area contributed by atoms with E-state index < -0.39 is 0 Å². The number of ketones is 2. The number of nitrogens with zero attached hydrogens (tertiary/aromatic N) is 1. The summed E-state index contributed by atoms with van der Waals surface area (Å²) in [4.78, 5) is 30.4. The Kier molecular flexibility index (Phi) is 2.27. The Hall–Kier alpha value is -1.88. The van der Waals surface area contributed by atoms with Gasteiger partial charge in [-0.3, -0.25) is 9.59 Å². The number of fused-ring (bicyclic) bond motifs is 3. The van der Waals surface area contributed by atoms with E-state index >= 15 is 0 Å². The van der Waals surface area contributed by atoms with Crippen LogP contribution in [0.2, 0.25) is 0 Å². The predicted molar refractivity (Wildman–Crippen MR) is 71.8 cm³/mol. The number of hydrogen-bond donors (Lipinski definition) is 1. The molecule has 1 aliphatic heterocycles. The smallest absolute Gasteiger partial charge is 0.226 e. The van der Waals surface area contributed by atoms with Crippen molar-refractivity contribution in [3.8, 4) is 0 Å². The van der Waals surface area contributed by atoms with Crippen molar-refractivity contribution < 1.29 is 14.3 Å². The van der Waals surface area contributed by atoms with Gasteiger partial charge >= 0.3 is 0 Å². The standard InChI is InChI=1S/C15H16N2O3/c1-7-13(17-5-6-17)15(19)12-10(14(7)18)8-3-4-9(20-2)11(8)16-12/h9,16H,3-6H2,1-2H3. The molecule has 0 saturated carbocycles. The van der Waals surface area contributed by atoms with Crippen LogP contribution in [-0.4, -0.2) is 41.6 Å². The fourth-order valence-electron chi connectivity index (χ4n) is 3.41. The highest BCUT2D eigenvalue weighted by atomic mass is 16.5. The van der Waals surface area contributed by atoms with Gasteiger partial charge in [0.25, 0.3) is 0 Å². The second-order valence-electron chi connectivity index (χ2n) is 5.65. The first-order valence-corrected chi connectivity index (χ1v) is 6.96. The highest BCUT2D eigenvalue weighted by Crippen LogP contribution is 2.41. The topological polar surface area (TPSA) is 62.2 Å². The fourth-order valence-corrected chi connectivity index (χ4v) is 3.41. The second-order valence-corrected chi connectivity index (χ2v) is 5.65. The molecule has 0 radical (unpaired) electrons. The van der Waals surface area contributed by atoms with Crippen molar-refractivity contribution in [3.63, 3.8) is 0 Å². The molecular weight excluding hydrogens is 256 g/mol. The molecule has 5 heteroatoms. The van der Waals surface area contributed by atoms with E-state index in [0.29, 0.717) is 22.5 Å². The van der Waals surface area contributed by atoms with Crippen LogP contribution in [0.25, 0.3) is 0 Å². The maximum Gasteiger partial charge on any atom is 0.226 e. The Labute approximate surface area is 116 Å². The van der Waals surface area contributed by atoms with E-state index in [1.54, 1.807) is 14.0 Å². The number of ether oxygens (including phenoxy) is 1. The summed E-state index contributed by atoms with van der Waals surface area (Å²) in [5.41, 5.74) is 4.12. The first-order valence-electron chi connectivity index (χ1n) is 6.96. The Balaban J connectivity index is 1.89. The second kappa shape index (κ2) is 3.82. The zero-order chi connectivity index (χ0) is 14.0. The van der Waals surface area contributed by atoms with Crippen molar-refractivity contribution >= 4 is 11.6 Å². The summed E-state index contributed by atoms with van der Waals surface area (Å²) in [5.74, 6) is -0.0467. The minimum Gasteiger partial charge on any atom is -0.375 e. The first kappa shape index (κ1) is 11.9. The highest BCUT2D eigenvalue weighted by Gasteiger charge is 2.42. The van der Waals surface area contributed by atoms with E-state index in [1.807, 2.05) is 4.90 Å². The number of aromatic nitrogens is 1. The summed E-state index contributed by atoms with van der Waals surface area (Å²) in [7, 11) is 1.66. The highest BCUT2D eigenvalue weighted by molar-refractivity contribution is 6.26. The van der Waals surface area contributed by atoms with E-state index in [1.165, 1.54) is 0 Å². The normalized spacial score (nSPS) is 24.3. The molecule has 20 heavy (non-hydrogen) atoms. The van der Waals surface area contributed by atoms with Gasteiger partial charge in [0.15, 0.2) is 5.78 Å². The lowest BCUT2D eigenvalue weighted by molar-refractivity contribution is 0.0949. The molecule has 0 aromatic carbocycles. The molecule has 104 valence electrons. The largest absolute Gasteiger partial charge is 0.375 e.